The van der Waals surface area contributed by atoms with E-state index in [1.54, 1.807) is 6.07 Å². The lowest BCUT2D eigenvalue weighted by Gasteiger charge is -2.19. The third kappa shape index (κ3) is 3.64. The molecule has 0 aromatic heterocycles. The molecule has 2 aromatic rings. The molecule has 1 N–H and O–H groups in total. The Kier molecular flexibility index (Phi) is 5.24. The third-order valence-electron chi connectivity index (χ3n) is 3.99. The van der Waals surface area contributed by atoms with Crippen LogP contribution in [0, 0.1) is 10.5 Å². The molecule has 2 aromatic carbocycles. The number of amides is 2. The molecule has 0 bridgehead atoms. The van der Waals surface area contributed by atoms with Gasteiger partial charge in [0.05, 0.1) is 5.56 Å². The molecule has 1 heterocycles. The zero-order valence-electron chi connectivity index (χ0n) is 13.1. The lowest BCUT2D eigenvalue weighted by molar-refractivity contribution is -0.117. The van der Waals surface area contributed by atoms with E-state index in [2.05, 4.69) is 43.8 Å². The van der Waals surface area contributed by atoms with E-state index in [1.165, 1.54) is 0 Å². The van der Waals surface area contributed by atoms with E-state index < -0.39 is 0 Å². The second-order valence-corrected chi connectivity index (χ2v) is 7.81. The molecule has 6 heteroatoms. The molecule has 1 aliphatic rings. The van der Waals surface area contributed by atoms with Crippen LogP contribution < -0.4 is 10.2 Å². The van der Waals surface area contributed by atoms with Crippen molar-refractivity contribution in [2.45, 2.75) is 19.8 Å². The van der Waals surface area contributed by atoms with Gasteiger partial charge in [-0.25, -0.2) is 0 Å². The fraction of sp³-hybridized carbons (Fsp3) is 0.222. The molecule has 1 aliphatic heterocycles. The normalized spacial score (nSPS) is 14.1. The summed E-state index contributed by atoms with van der Waals surface area (Å²) < 4.78 is 1.76. The van der Waals surface area contributed by atoms with E-state index in [0.717, 1.165) is 37.9 Å². The maximum atomic E-state index is 12.5. The number of nitrogens with one attached hydrogen (secondary N) is 1. The van der Waals surface area contributed by atoms with Gasteiger partial charge in [0.2, 0.25) is 5.91 Å². The molecule has 3 rings (SSSR count). The minimum Gasteiger partial charge on any atom is -0.322 e. The minimum atomic E-state index is -0.148. The van der Waals surface area contributed by atoms with Gasteiger partial charge in [0, 0.05) is 32.4 Å². The van der Waals surface area contributed by atoms with E-state index in [1.807, 2.05) is 42.2 Å². The van der Waals surface area contributed by atoms with Crippen LogP contribution in [0.5, 0.6) is 0 Å². The van der Waals surface area contributed by atoms with Gasteiger partial charge in [0.25, 0.3) is 5.91 Å². The number of hydrogen-bond donors (Lipinski definition) is 1. The van der Waals surface area contributed by atoms with Crippen molar-refractivity contribution in [3.05, 3.63) is 55.6 Å². The average molecular weight is 499 g/mol. The van der Waals surface area contributed by atoms with Gasteiger partial charge in [0.1, 0.15) is 0 Å². The van der Waals surface area contributed by atoms with Crippen LogP contribution in [0.25, 0.3) is 0 Å². The first-order valence-electron chi connectivity index (χ1n) is 7.63. The van der Waals surface area contributed by atoms with Crippen LogP contribution in [-0.4, -0.2) is 18.4 Å². The van der Waals surface area contributed by atoms with Crippen LogP contribution in [0.1, 0.15) is 28.8 Å². The molecule has 0 atom stereocenters. The summed E-state index contributed by atoms with van der Waals surface area (Å²) in [6, 6.07) is 11.3. The van der Waals surface area contributed by atoms with Crippen LogP contribution >= 0.6 is 38.5 Å². The van der Waals surface area contributed by atoms with E-state index in [4.69, 9.17) is 0 Å². The number of hydrogen-bond acceptors (Lipinski definition) is 2. The highest BCUT2D eigenvalue weighted by Gasteiger charge is 2.23. The summed E-state index contributed by atoms with van der Waals surface area (Å²) in [5.41, 5.74) is 3.25. The Hall–Kier alpha value is -1.41. The zero-order valence-corrected chi connectivity index (χ0v) is 16.8. The van der Waals surface area contributed by atoms with Crippen molar-refractivity contribution >= 4 is 61.7 Å². The summed E-state index contributed by atoms with van der Waals surface area (Å²) >= 11 is 5.54. The number of benzene rings is 2. The molecule has 124 valence electrons. The molecule has 2 amide bonds. The molecule has 1 fully saturated rings. The van der Waals surface area contributed by atoms with Crippen molar-refractivity contribution in [2.75, 3.05) is 16.8 Å². The minimum absolute atomic E-state index is 0.148. The summed E-state index contributed by atoms with van der Waals surface area (Å²) in [5, 5.41) is 2.93. The predicted molar refractivity (Wildman–Crippen MR) is 108 cm³/mol. The SMILES string of the molecule is Cc1cc(NC(=O)c2cc(Br)ccc2I)ccc1N1CCCC1=O. The van der Waals surface area contributed by atoms with E-state index in [0.29, 0.717) is 12.0 Å². The van der Waals surface area contributed by atoms with E-state index >= 15 is 0 Å². The van der Waals surface area contributed by atoms with Gasteiger partial charge in [-0.2, -0.15) is 0 Å². The second kappa shape index (κ2) is 7.23. The summed E-state index contributed by atoms with van der Waals surface area (Å²) in [6.45, 7) is 2.72. The van der Waals surface area contributed by atoms with Gasteiger partial charge in [-0.1, -0.05) is 15.9 Å². The number of anilines is 2. The molecule has 1 saturated heterocycles. The van der Waals surface area contributed by atoms with Crippen LogP contribution in [0.3, 0.4) is 0 Å². The largest absolute Gasteiger partial charge is 0.322 e. The lowest BCUT2D eigenvalue weighted by Crippen LogP contribution is -2.24. The van der Waals surface area contributed by atoms with Crippen molar-refractivity contribution in [3.63, 3.8) is 0 Å². The fourth-order valence-electron chi connectivity index (χ4n) is 2.81. The maximum Gasteiger partial charge on any atom is 0.256 e. The van der Waals surface area contributed by atoms with Gasteiger partial charge >= 0.3 is 0 Å². The average Bonchev–Trinajstić information content (AvgIpc) is 2.96. The Labute approximate surface area is 162 Å². The van der Waals surface area contributed by atoms with Gasteiger partial charge in [0.15, 0.2) is 0 Å². The number of carbonyl (C=O) groups excluding carboxylic acids is 2. The zero-order chi connectivity index (χ0) is 17.3. The van der Waals surface area contributed by atoms with Gasteiger partial charge in [-0.3, -0.25) is 9.59 Å². The van der Waals surface area contributed by atoms with Crippen LogP contribution in [0.15, 0.2) is 40.9 Å². The summed E-state index contributed by atoms with van der Waals surface area (Å²) in [4.78, 5) is 26.2. The van der Waals surface area contributed by atoms with Gasteiger partial charge in [-0.05, 0) is 77.9 Å². The summed E-state index contributed by atoms with van der Waals surface area (Å²) in [6.07, 6.45) is 1.51. The molecule has 0 aliphatic carbocycles. The number of halogens is 2. The monoisotopic (exact) mass is 498 g/mol. The number of aryl methyl sites for hydroxylation is 1. The molecule has 0 radical (unpaired) electrons. The van der Waals surface area contributed by atoms with Crippen LogP contribution in [0.4, 0.5) is 11.4 Å². The van der Waals surface area contributed by atoms with Gasteiger partial charge < -0.3 is 10.2 Å². The number of carbonyl (C=O) groups is 2. The quantitative estimate of drug-likeness (QED) is 0.621. The summed E-state index contributed by atoms with van der Waals surface area (Å²) in [7, 11) is 0. The Morgan fingerprint density at radius 2 is 2.04 bits per heavy atom. The Bertz CT molecular complexity index is 823. The van der Waals surface area contributed by atoms with E-state index in [-0.39, 0.29) is 11.8 Å². The molecule has 0 unspecified atom stereocenters. The summed E-state index contributed by atoms with van der Waals surface area (Å²) in [5.74, 6) is 0.0173. The highest BCUT2D eigenvalue weighted by molar-refractivity contribution is 14.1. The Morgan fingerprint density at radius 3 is 2.71 bits per heavy atom. The lowest BCUT2D eigenvalue weighted by atomic mass is 10.1. The standard InChI is InChI=1S/C18H16BrIN2O2/c1-11-9-13(5-7-16(11)22-8-2-3-17(22)23)21-18(24)14-10-12(19)4-6-15(14)20/h4-7,9-10H,2-3,8H2,1H3,(H,21,24). The molecule has 0 saturated carbocycles. The predicted octanol–water partition coefficient (Wildman–Crippen LogP) is 4.74. The Balaban J connectivity index is 1.81. The smallest absolute Gasteiger partial charge is 0.256 e. The molecular weight excluding hydrogens is 483 g/mol. The van der Waals surface area contributed by atoms with Crippen molar-refractivity contribution in [1.29, 1.82) is 0 Å². The highest BCUT2D eigenvalue weighted by atomic mass is 127. The molecular formula is C18H16BrIN2O2. The number of rotatable bonds is 3. The maximum absolute atomic E-state index is 12.5. The fourth-order valence-corrected chi connectivity index (χ4v) is 3.75. The van der Waals surface area contributed by atoms with Crippen molar-refractivity contribution in [2.24, 2.45) is 0 Å². The van der Waals surface area contributed by atoms with Crippen LogP contribution in [-0.2, 0) is 4.79 Å². The third-order valence-corrected chi connectivity index (χ3v) is 5.43. The molecule has 4 nitrogen and oxygen atoms in total. The highest BCUT2D eigenvalue weighted by Crippen LogP contribution is 2.28. The van der Waals surface area contributed by atoms with Gasteiger partial charge in [-0.15, -0.1) is 0 Å². The topological polar surface area (TPSA) is 49.4 Å². The first-order valence-corrected chi connectivity index (χ1v) is 9.50. The molecule has 24 heavy (non-hydrogen) atoms. The van der Waals surface area contributed by atoms with Crippen molar-refractivity contribution in [1.82, 2.24) is 0 Å². The Morgan fingerprint density at radius 1 is 1.25 bits per heavy atom. The molecule has 0 spiro atoms. The van der Waals surface area contributed by atoms with Crippen molar-refractivity contribution in [3.8, 4) is 0 Å². The van der Waals surface area contributed by atoms with Crippen LogP contribution in [0.2, 0.25) is 0 Å². The van der Waals surface area contributed by atoms with Crippen molar-refractivity contribution < 1.29 is 9.59 Å². The number of nitrogens with zero attached hydrogens (tertiary/aromatic N) is 1. The van der Waals surface area contributed by atoms with E-state index in [9.17, 15) is 9.59 Å². The first-order chi connectivity index (χ1) is 11.5. The first kappa shape index (κ1) is 17.4. The second-order valence-electron chi connectivity index (χ2n) is 5.73.